The molecule has 19 heavy (non-hydrogen) atoms. The van der Waals surface area contributed by atoms with E-state index >= 15 is 0 Å². The third-order valence-corrected chi connectivity index (χ3v) is 3.56. The highest BCUT2D eigenvalue weighted by Gasteiger charge is 2.17. The first-order chi connectivity index (χ1) is 9.25. The van der Waals surface area contributed by atoms with Crippen molar-refractivity contribution in [2.75, 3.05) is 6.54 Å². The highest BCUT2D eigenvalue weighted by Crippen LogP contribution is 2.09. The molecule has 0 bridgehead atoms. The van der Waals surface area contributed by atoms with Crippen molar-refractivity contribution in [1.82, 2.24) is 14.9 Å². The van der Waals surface area contributed by atoms with Gasteiger partial charge in [-0.3, -0.25) is 9.36 Å². The summed E-state index contributed by atoms with van der Waals surface area (Å²) >= 11 is 0. The summed E-state index contributed by atoms with van der Waals surface area (Å²) in [6.07, 6.45) is 0.845. The minimum atomic E-state index is 0.0959. The molecule has 1 aliphatic heterocycles. The molecular weight excluding hydrogens is 238 g/mol. The van der Waals surface area contributed by atoms with Crippen molar-refractivity contribution in [3.63, 3.8) is 0 Å². The number of aromatic nitrogens is 2. The first kappa shape index (κ1) is 12.1. The Hall–Kier alpha value is -1.94. The molecule has 0 saturated heterocycles. The van der Waals surface area contributed by atoms with Crippen LogP contribution in [-0.2, 0) is 19.5 Å². The van der Waals surface area contributed by atoms with E-state index in [2.05, 4.69) is 10.3 Å². The van der Waals surface area contributed by atoms with Crippen molar-refractivity contribution in [2.45, 2.75) is 26.4 Å². The van der Waals surface area contributed by atoms with E-state index in [0.29, 0.717) is 13.1 Å². The number of aryl methyl sites for hydroxylation is 1. The lowest BCUT2D eigenvalue weighted by molar-refractivity contribution is 0.586. The fourth-order valence-corrected chi connectivity index (χ4v) is 2.51. The van der Waals surface area contributed by atoms with E-state index in [4.69, 9.17) is 0 Å². The van der Waals surface area contributed by atoms with Gasteiger partial charge < -0.3 is 5.32 Å². The zero-order chi connectivity index (χ0) is 13.2. The molecule has 2 aromatic rings. The van der Waals surface area contributed by atoms with Crippen molar-refractivity contribution in [3.05, 3.63) is 63.3 Å². The zero-order valence-corrected chi connectivity index (χ0v) is 11.0. The minimum absolute atomic E-state index is 0.0959. The third-order valence-electron chi connectivity index (χ3n) is 3.56. The molecule has 1 aromatic carbocycles. The number of benzene rings is 1. The summed E-state index contributed by atoms with van der Waals surface area (Å²) in [5.41, 5.74) is 3.01. The lowest BCUT2D eigenvalue weighted by atomic mass is 10.1. The van der Waals surface area contributed by atoms with Crippen LogP contribution >= 0.6 is 0 Å². The van der Waals surface area contributed by atoms with Crippen LogP contribution in [0.2, 0.25) is 0 Å². The van der Waals surface area contributed by atoms with E-state index in [1.807, 2.05) is 37.3 Å². The van der Waals surface area contributed by atoms with Gasteiger partial charge in [-0.15, -0.1) is 0 Å². The van der Waals surface area contributed by atoms with Crippen LogP contribution in [-0.4, -0.2) is 16.1 Å². The molecule has 0 aliphatic carbocycles. The van der Waals surface area contributed by atoms with E-state index in [1.54, 1.807) is 4.57 Å². The van der Waals surface area contributed by atoms with Crippen molar-refractivity contribution < 1.29 is 0 Å². The van der Waals surface area contributed by atoms with Crippen molar-refractivity contribution in [3.8, 4) is 0 Å². The summed E-state index contributed by atoms with van der Waals surface area (Å²) in [6, 6.07) is 10.0. The summed E-state index contributed by atoms with van der Waals surface area (Å²) in [5.74, 6) is 0.800. The van der Waals surface area contributed by atoms with Crippen molar-refractivity contribution >= 4 is 0 Å². The molecule has 0 unspecified atom stereocenters. The predicted octanol–water partition coefficient (Wildman–Crippen LogP) is 1.25. The SMILES string of the molecule is Cc1nc2c(c(=O)n1Cc1ccccc1)CNCC2. The second kappa shape index (κ2) is 4.97. The van der Waals surface area contributed by atoms with E-state index in [9.17, 15) is 4.79 Å². The van der Waals surface area contributed by atoms with E-state index in [-0.39, 0.29) is 5.56 Å². The third kappa shape index (κ3) is 2.31. The molecule has 0 saturated carbocycles. The van der Waals surface area contributed by atoms with Crippen molar-refractivity contribution in [1.29, 1.82) is 0 Å². The Balaban J connectivity index is 2.04. The molecule has 1 aromatic heterocycles. The predicted molar refractivity (Wildman–Crippen MR) is 74.2 cm³/mol. The summed E-state index contributed by atoms with van der Waals surface area (Å²) in [4.78, 5) is 17.1. The highest BCUT2D eigenvalue weighted by atomic mass is 16.1. The number of hydrogen-bond acceptors (Lipinski definition) is 3. The topological polar surface area (TPSA) is 46.9 Å². The quantitative estimate of drug-likeness (QED) is 0.878. The monoisotopic (exact) mass is 255 g/mol. The molecule has 2 heterocycles. The van der Waals surface area contributed by atoms with Crippen LogP contribution in [0, 0.1) is 6.92 Å². The molecule has 3 rings (SSSR count). The fraction of sp³-hybridized carbons (Fsp3) is 0.333. The number of nitrogens with zero attached hydrogens (tertiary/aromatic N) is 2. The Morgan fingerprint density at radius 1 is 1.32 bits per heavy atom. The maximum atomic E-state index is 12.5. The maximum Gasteiger partial charge on any atom is 0.258 e. The maximum absolute atomic E-state index is 12.5. The van der Waals surface area contributed by atoms with Gasteiger partial charge in [0.15, 0.2) is 0 Å². The highest BCUT2D eigenvalue weighted by molar-refractivity contribution is 5.23. The lowest BCUT2D eigenvalue weighted by Gasteiger charge is -2.19. The Morgan fingerprint density at radius 2 is 2.11 bits per heavy atom. The molecule has 0 spiro atoms. The summed E-state index contributed by atoms with van der Waals surface area (Å²) < 4.78 is 1.77. The average molecular weight is 255 g/mol. The smallest absolute Gasteiger partial charge is 0.258 e. The summed E-state index contributed by atoms with van der Waals surface area (Å²) in [7, 11) is 0. The Bertz CT molecular complexity index is 646. The molecule has 98 valence electrons. The van der Waals surface area contributed by atoms with Gasteiger partial charge in [-0.05, 0) is 12.5 Å². The van der Waals surface area contributed by atoms with Crippen LogP contribution in [0.25, 0.3) is 0 Å². The number of hydrogen-bond donors (Lipinski definition) is 1. The largest absolute Gasteiger partial charge is 0.312 e. The van der Waals surface area contributed by atoms with E-state index < -0.39 is 0 Å². The Kier molecular flexibility index (Phi) is 3.17. The second-order valence-corrected chi connectivity index (χ2v) is 4.89. The van der Waals surface area contributed by atoms with Gasteiger partial charge in [-0.2, -0.15) is 0 Å². The molecule has 4 heteroatoms. The van der Waals surface area contributed by atoms with Gasteiger partial charge in [-0.25, -0.2) is 4.98 Å². The van der Waals surface area contributed by atoms with E-state index in [0.717, 1.165) is 35.6 Å². The molecular formula is C15H17N3O. The van der Waals surface area contributed by atoms with Gasteiger partial charge in [0.25, 0.3) is 5.56 Å². The number of nitrogens with one attached hydrogen (secondary N) is 1. The van der Waals surface area contributed by atoms with Crippen molar-refractivity contribution in [2.24, 2.45) is 0 Å². The first-order valence-electron chi connectivity index (χ1n) is 6.59. The molecule has 1 aliphatic rings. The van der Waals surface area contributed by atoms with Crippen LogP contribution in [0.1, 0.15) is 22.6 Å². The number of fused-ring (bicyclic) bond motifs is 1. The van der Waals surface area contributed by atoms with Crippen LogP contribution in [0.4, 0.5) is 0 Å². The molecule has 0 atom stereocenters. The molecule has 0 amide bonds. The molecule has 4 nitrogen and oxygen atoms in total. The Labute approximate surface area is 112 Å². The second-order valence-electron chi connectivity index (χ2n) is 4.89. The standard InChI is InChI=1S/C15H17N3O/c1-11-17-14-7-8-16-9-13(14)15(19)18(11)10-12-5-3-2-4-6-12/h2-6,16H,7-10H2,1H3. The summed E-state index contributed by atoms with van der Waals surface area (Å²) in [5, 5.41) is 3.24. The van der Waals surface area contributed by atoms with Crippen LogP contribution in [0.15, 0.2) is 35.1 Å². The van der Waals surface area contributed by atoms with Gasteiger partial charge in [0, 0.05) is 19.5 Å². The van der Waals surface area contributed by atoms with Gasteiger partial charge in [0.05, 0.1) is 17.8 Å². The molecule has 0 fully saturated rings. The van der Waals surface area contributed by atoms with Gasteiger partial charge in [0.1, 0.15) is 5.82 Å². The van der Waals surface area contributed by atoms with Gasteiger partial charge in [0.2, 0.25) is 0 Å². The van der Waals surface area contributed by atoms with Gasteiger partial charge in [-0.1, -0.05) is 30.3 Å². The van der Waals surface area contributed by atoms with E-state index in [1.165, 1.54) is 0 Å². The van der Waals surface area contributed by atoms with Crippen LogP contribution in [0.3, 0.4) is 0 Å². The van der Waals surface area contributed by atoms with Crippen LogP contribution in [0.5, 0.6) is 0 Å². The lowest BCUT2D eigenvalue weighted by Crippen LogP contribution is -2.36. The fourth-order valence-electron chi connectivity index (χ4n) is 2.51. The molecule has 1 N–H and O–H groups in total. The average Bonchev–Trinajstić information content (AvgIpc) is 2.45. The molecule has 0 radical (unpaired) electrons. The zero-order valence-electron chi connectivity index (χ0n) is 11.0. The first-order valence-corrected chi connectivity index (χ1v) is 6.59. The van der Waals surface area contributed by atoms with Crippen LogP contribution < -0.4 is 10.9 Å². The number of rotatable bonds is 2. The van der Waals surface area contributed by atoms with Gasteiger partial charge >= 0.3 is 0 Å². The minimum Gasteiger partial charge on any atom is -0.312 e. The Morgan fingerprint density at radius 3 is 2.89 bits per heavy atom. The normalized spacial score (nSPS) is 14.2. The summed E-state index contributed by atoms with van der Waals surface area (Å²) in [6.45, 7) is 4.04.